The van der Waals surface area contributed by atoms with E-state index < -0.39 is 21.6 Å². The van der Waals surface area contributed by atoms with Crippen LogP contribution in [0.3, 0.4) is 0 Å². The summed E-state index contributed by atoms with van der Waals surface area (Å²) in [5, 5.41) is 8.57. The minimum Gasteiger partial charge on any atom is -0.358 e. The Hall–Kier alpha value is -0.333. The Morgan fingerprint density at radius 3 is 2.52 bits per heavy atom. The van der Waals surface area contributed by atoms with Gasteiger partial charge in [0, 0.05) is 13.0 Å². The molecule has 6 nitrogen and oxygen atoms in total. The minimum atomic E-state index is -3.96. The van der Waals surface area contributed by atoms with Crippen LogP contribution in [-0.2, 0) is 14.8 Å². The zero-order chi connectivity index (χ0) is 21.4. The van der Waals surface area contributed by atoms with Crippen molar-refractivity contribution in [1.29, 1.82) is 5.41 Å². The van der Waals surface area contributed by atoms with Crippen molar-refractivity contribution in [1.82, 2.24) is 4.90 Å². The third-order valence-corrected chi connectivity index (χ3v) is 6.35. The molecular weight excluding hydrogens is 560 g/mol. The first-order chi connectivity index (χ1) is 13.5. The summed E-state index contributed by atoms with van der Waals surface area (Å²) in [6.07, 6.45) is 0.240. The number of amidine groups is 1. The Morgan fingerprint density at radius 1 is 1.32 bits per heavy atom. The standard InChI is InChI=1S/C19H18BClFN3O3S.CH3.Cs/c1-12-5-7-14(8-6-12)29(27,28)24-16-4-2-3-15(21)17(16)18(23)25-11-19(20,22)9-13(25)10-26;;/h2-8,10,13,23-24H,9,11H2,1H3;1H3;/q;-1;+1. The van der Waals surface area contributed by atoms with E-state index in [-0.39, 0.29) is 116 Å². The number of alkyl halides is 1. The number of nitrogens with one attached hydrogen (secondary N) is 2. The largest absolute Gasteiger partial charge is 1.00 e. The number of carbonyl (C=O) groups excluding carboxylic acids is 1. The van der Waals surface area contributed by atoms with E-state index in [2.05, 4.69) is 4.72 Å². The fourth-order valence-corrected chi connectivity index (χ4v) is 4.54. The van der Waals surface area contributed by atoms with Gasteiger partial charge in [-0.15, -0.1) is 0 Å². The van der Waals surface area contributed by atoms with Crippen LogP contribution in [0.1, 0.15) is 17.5 Å². The summed E-state index contributed by atoms with van der Waals surface area (Å²) in [6, 6.07) is 9.74. The van der Waals surface area contributed by atoms with Crippen LogP contribution in [0.5, 0.6) is 0 Å². The molecule has 2 aromatic rings. The zero-order valence-corrected chi connectivity index (χ0v) is 25.4. The molecule has 0 amide bonds. The Labute approximate surface area is 247 Å². The third kappa shape index (κ3) is 6.60. The molecular formula is C20H21BClCsFN3O3S. The number of halogens is 2. The van der Waals surface area contributed by atoms with E-state index in [1.807, 2.05) is 6.92 Å². The number of benzene rings is 2. The number of sulfonamides is 1. The van der Waals surface area contributed by atoms with Gasteiger partial charge in [-0.2, -0.15) is 0 Å². The van der Waals surface area contributed by atoms with E-state index in [9.17, 15) is 17.6 Å². The van der Waals surface area contributed by atoms with Crippen molar-refractivity contribution in [3.05, 3.63) is 66.0 Å². The van der Waals surface area contributed by atoms with E-state index >= 15 is 0 Å². The number of hydrogen-bond donors (Lipinski definition) is 2. The Bertz CT molecular complexity index is 1070. The van der Waals surface area contributed by atoms with Gasteiger partial charge in [-0.1, -0.05) is 35.4 Å². The van der Waals surface area contributed by atoms with Gasteiger partial charge in [-0.05, 0) is 31.2 Å². The van der Waals surface area contributed by atoms with Crippen molar-refractivity contribution < 1.29 is 86.5 Å². The molecule has 2 unspecified atom stereocenters. The molecule has 3 rings (SSSR count). The van der Waals surface area contributed by atoms with Gasteiger partial charge in [0.15, 0.2) is 0 Å². The first-order valence-corrected chi connectivity index (χ1v) is 10.6. The summed E-state index contributed by atoms with van der Waals surface area (Å²) in [7, 11) is 1.55. The molecule has 0 aromatic heterocycles. The van der Waals surface area contributed by atoms with Crippen LogP contribution in [-0.4, -0.2) is 51.4 Å². The van der Waals surface area contributed by atoms with Gasteiger partial charge in [-0.3, -0.25) is 14.5 Å². The predicted octanol–water partition coefficient (Wildman–Crippen LogP) is 0.336. The zero-order valence-electron chi connectivity index (χ0n) is 17.5. The first kappa shape index (κ1) is 28.7. The van der Waals surface area contributed by atoms with Crippen molar-refractivity contribution in [3.63, 3.8) is 0 Å². The molecule has 11 heteroatoms. The van der Waals surface area contributed by atoms with Crippen LogP contribution in [0.4, 0.5) is 10.1 Å². The van der Waals surface area contributed by atoms with E-state index in [1.54, 1.807) is 12.1 Å². The van der Waals surface area contributed by atoms with Gasteiger partial charge in [0.2, 0.25) is 0 Å². The summed E-state index contributed by atoms with van der Waals surface area (Å²) in [6.45, 7) is 1.45. The molecule has 1 fully saturated rings. The van der Waals surface area contributed by atoms with Gasteiger partial charge in [0.25, 0.3) is 10.0 Å². The average molecular weight is 582 g/mol. The maximum absolute atomic E-state index is 14.2. The summed E-state index contributed by atoms with van der Waals surface area (Å²) in [5.41, 5.74) is -1.16. The molecule has 158 valence electrons. The summed E-state index contributed by atoms with van der Waals surface area (Å²) in [5.74, 6) is -0.292. The van der Waals surface area contributed by atoms with Gasteiger partial charge >= 0.3 is 68.9 Å². The van der Waals surface area contributed by atoms with E-state index in [0.717, 1.165) is 5.56 Å². The molecule has 1 aliphatic rings. The molecule has 0 saturated carbocycles. The molecule has 2 atom stereocenters. The number of hydrogen-bond acceptors (Lipinski definition) is 4. The molecule has 2 radical (unpaired) electrons. The molecule has 0 spiro atoms. The van der Waals surface area contributed by atoms with Crippen molar-refractivity contribution in [3.8, 4) is 0 Å². The van der Waals surface area contributed by atoms with Crippen molar-refractivity contribution in [2.75, 3.05) is 11.3 Å². The number of aryl methyl sites for hydroxylation is 1. The van der Waals surface area contributed by atoms with Gasteiger partial charge in [-0.25, -0.2) is 8.42 Å². The first-order valence-electron chi connectivity index (χ1n) is 8.71. The fraction of sp³-hybridized carbons (Fsp3) is 0.250. The van der Waals surface area contributed by atoms with E-state index in [0.29, 0.717) is 6.29 Å². The van der Waals surface area contributed by atoms with Gasteiger partial charge in [0.1, 0.15) is 20.0 Å². The number of carbonyl (C=O) groups is 1. The number of likely N-dealkylation sites (tertiary alicyclic amines) is 1. The van der Waals surface area contributed by atoms with E-state index in [1.165, 1.54) is 35.2 Å². The van der Waals surface area contributed by atoms with Gasteiger partial charge in [0.05, 0.1) is 32.8 Å². The second kappa shape index (κ2) is 11.2. The maximum Gasteiger partial charge on any atom is 1.00 e. The molecule has 1 heterocycles. The van der Waals surface area contributed by atoms with Crippen LogP contribution in [0.2, 0.25) is 5.02 Å². The molecule has 1 aliphatic heterocycles. The van der Waals surface area contributed by atoms with Crippen LogP contribution in [0, 0.1) is 19.8 Å². The maximum atomic E-state index is 14.2. The molecule has 2 N–H and O–H groups in total. The third-order valence-electron chi connectivity index (χ3n) is 4.65. The van der Waals surface area contributed by atoms with Crippen LogP contribution >= 0.6 is 11.6 Å². The number of anilines is 1. The summed E-state index contributed by atoms with van der Waals surface area (Å²) in [4.78, 5) is 12.6. The SMILES string of the molecule is [B]C1(F)CC(C=O)N(C(=N)c2c(Cl)cccc2NS(=O)(=O)c2ccc(C)cc2)C1.[CH3-].[Cs+]. The van der Waals surface area contributed by atoms with Crippen LogP contribution in [0.15, 0.2) is 47.4 Å². The Balaban J connectivity index is 0.00000240. The molecule has 0 bridgehead atoms. The van der Waals surface area contributed by atoms with Gasteiger partial charge < -0.3 is 17.1 Å². The molecule has 2 aromatic carbocycles. The monoisotopic (exact) mass is 581 g/mol. The quantitative estimate of drug-likeness (QED) is 0.175. The smallest absolute Gasteiger partial charge is 0.358 e. The normalized spacial score (nSPS) is 20.4. The van der Waals surface area contributed by atoms with E-state index in [4.69, 9.17) is 24.9 Å². The van der Waals surface area contributed by atoms with Crippen molar-refractivity contribution in [2.24, 2.45) is 0 Å². The number of aldehydes is 1. The minimum absolute atomic E-state index is 0. The molecule has 31 heavy (non-hydrogen) atoms. The predicted molar refractivity (Wildman–Crippen MR) is 117 cm³/mol. The van der Waals surface area contributed by atoms with Crippen molar-refractivity contribution in [2.45, 2.75) is 29.8 Å². The second-order valence-corrected chi connectivity index (χ2v) is 9.09. The summed E-state index contributed by atoms with van der Waals surface area (Å²) >= 11 is 6.24. The van der Waals surface area contributed by atoms with Crippen LogP contribution in [0.25, 0.3) is 0 Å². The van der Waals surface area contributed by atoms with Crippen molar-refractivity contribution >= 4 is 47.3 Å². The number of rotatable bonds is 5. The fourth-order valence-electron chi connectivity index (χ4n) is 3.20. The summed E-state index contributed by atoms with van der Waals surface area (Å²) < 4.78 is 42.2. The average Bonchev–Trinajstić information content (AvgIpc) is 2.96. The number of nitrogens with zero attached hydrogens (tertiary/aromatic N) is 1. The Morgan fingerprint density at radius 2 is 1.94 bits per heavy atom. The molecule has 0 aliphatic carbocycles. The Kier molecular flexibility index (Phi) is 10.4. The topological polar surface area (TPSA) is 90.3 Å². The molecule has 1 saturated heterocycles. The second-order valence-electron chi connectivity index (χ2n) is 7.00. The van der Waals surface area contributed by atoms with Crippen LogP contribution < -0.4 is 73.6 Å².